The number of benzene rings is 1. The Labute approximate surface area is 157 Å². The fourth-order valence-electron chi connectivity index (χ4n) is 2.99. The Morgan fingerprint density at radius 2 is 2.00 bits per heavy atom. The fourth-order valence-corrected chi connectivity index (χ4v) is 2.99. The molecule has 3 aromatic rings. The molecule has 0 saturated carbocycles. The van der Waals surface area contributed by atoms with E-state index in [1.807, 2.05) is 39.1 Å². The lowest BCUT2D eigenvalue weighted by molar-refractivity contribution is 0.249. The van der Waals surface area contributed by atoms with Crippen molar-refractivity contribution in [1.29, 1.82) is 0 Å². The molecule has 0 radical (unpaired) electrons. The van der Waals surface area contributed by atoms with Gasteiger partial charge in [-0.2, -0.15) is 5.10 Å². The van der Waals surface area contributed by atoms with Crippen molar-refractivity contribution >= 4 is 22.8 Å². The Morgan fingerprint density at radius 1 is 1.22 bits per heavy atom. The number of rotatable bonds is 5. The molecular weight excluding hydrogens is 346 g/mol. The predicted molar refractivity (Wildman–Crippen MR) is 103 cm³/mol. The van der Waals surface area contributed by atoms with Gasteiger partial charge in [-0.25, -0.2) is 9.78 Å². The molecule has 1 aromatic carbocycles. The van der Waals surface area contributed by atoms with Gasteiger partial charge >= 0.3 is 6.03 Å². The van der Waals surface area contributed by atoms with Crippen LogP contribution in [0.3, 0.4) is 0 Å². The zero-order valence-electron chi connectivity index (χ0n) is 16.0. The van der Waals surface area contributed by atoms with Crippen molar-refractivity contribution < 1.29 is 14.3 Å². The lowest BCUT2D eigenvalue weighted by Gasteiger charge is -2.18. The number of amides is 2. The smallest absolute Gasteiger partial charge is 0.319 e. The largest absolute Gasteiger partial charge is 0.497 e. The van der Waals surface area contributed by atoms with Gasteiger partial charge in [0, 0.05) is 24.1 Å². The molecule has 1 unspecified atom stereocenters. The summed E-state index contributed by atoms with van der Waals surface area (Å²) in [5.41, 5.74) is 3.09. The van der Waals surface area contributed by atoms with Crippen LogP contribution in [0.15, 0.2) is 30.5 Å². The van der Waals surface area contributed by atoms with Crippen molar-refractivity contribution in [2.24, 2.45) is 7.05 Å². The number of anilines is 1. The number of ether oxygens (including phenoxy) is 2. The minimum Gasteiger partial charge on any atom is -0.497 e. The maximum absolute atomic E-state index is 12.4. The number of carbonyl (C=O) groups excluding carboxylic acids is 1. The summed E-state index contributed by atoms with van der Waals surface area (Å²) in [6.45, 7) is 3.79. The van der Waals surface area contributed by atoms with E-state index in [0.717, 1.165) is 22.3 Å². The van der Waals surface area contributed by atoms with Crippen molar-refractivity contribution in [2.45, 2.75) is 19.9 Å². The molecule has 0 aliphatic rings. The zero-order chi connectivity index (χ0) is 19.6. The normalized spacial score (nSPS) is 11.9. The van der Waals surface area contributed by atoms with Gasteiger partial charge in [-0.15, -0.1) is 0 Å². The van der Waals surface area contributed by atoms with E-state index < -0.39 is 0 Å². The third-order valence-electron chi connectivity index (χ3n) is 4.38. The van der Waals surface area contributed by atoms with E-state index in [2.05, 4.69) is 20.7 Å². The predicted octanol–water partition coefficient (Wildman–Crippen LogP) is 3.18. The SMILES string of the molecule is COc1ccc(C(C)NC(=O)Nc2cnc3c(c2)c(C)nn3C)c(OC)c1. The number of nitrogens with one attached hydrogen (secondary N) is 2. The monoisotopic (exact) mass is 369 g/mol. The van der Waals surface area contributed by atoms with Gasteiger partial charge in [0.25, 0.3) is 0 Å². The molecule has 2 N–H and O–H groups in total. The van der Waals surface area contributed by atoms with E-state index in [1.165, 1.54) is 0 Å². The van der Waals surface area contributed by atoms with Crippen LogP contribution < -0.4 is 20.1 Å². The Kier molecular flexibility index (Phi) is 5.16. The number of fused-ring (bicyclic) bond motifs is 1. The standard InChI is InChI=1S/C19H23N5O3/c1-11(15-7-6-14(26-4)9-17(15)27-5)21-19(25)22-13-8-16-12(2)23-24(3)18(16)20-10-13/h6-11H,1-5H3,(H2,21,22,25). The van der Waals surface area contributed by atoms with Crippen LogP contribution in [0, 0.1) is 6.92 Å². The van der Waals surface area contributed by atoms with Crippen LogP contribution in [-0.4, -0.2) is 35.0 Å². The molecule has 3 rings (SSSR count). The first-order chi connectivity index (χ1) is 12.9. The lowest BCUT2D eigenvalue weighted by Crippen LogP contribution is -2.31. The highest BCUT2D eigenvalue weighted by Crippen LogP contribution is 2.29. The lowest BCUT2D eigenvalue weighted by atomic mass is 10.1. The first-order valence-electron chi connectivity index (χ1n) is 8.51. The quantitative estimate of drug-likeness (QED) is 0.721. The van der Waals surface area contributed by atoms with Crippen LogP contribution >= 0.6 is 0 Å². The second kappa shape index (κ2) is 7.53. The Morgan fingerprint density at radius 3 is 2.70 bits per heavy atom. The van der Waals surface area contributed by atoms with Crippen molar-refractivity contribution in [3.05, 3.63) is 41.7 Å². The van der Waals surface area contributed by atoms with Crippen LogP contribution in [-0.2, 0) is 7.05 Å². The van der Waals surface area contributed by atoms with Gasteiger partial charge in [0.15, 0.2) is 5.65 Å². The average Bonchev–Trinajstić information content (AvgIpc) is 2.94. The zero-order valence-corrected chi connectivity index (χ0v) is 16.0. The van der Waals surface area contributed by atoms with Gasteiger partial charge in [-0.3, -0.25) is 4.68 Å². The molecule has 142 valence electrons. The summed E-state index contributed by atoms with van der Waals surface area (Å²) in [6.07, 6.45) is 1.61. The van der Waals surface area contributed by atoms with Crippen LogP contribution in [0.5, 0.6) is 11.5 Å². The van der Waals surface area contributed by atoms with Gasteiger partial charge in [0.2, 0.25) is 0 Å². The van der Waals surface area contributed by atoms with Crippen molar-refractivity contribution in [1.82, 2.24) is 20.1 Å². The first kappa shape index (κ1) is 18.5. The third-order valence-corrected chi connectivity index (χ3v) is 4.38. The first-order valence-corrected chi connectivity index (χ1v) is 8.51. The van der Waals surface area contributed by atoms with Crippen LogP contribution in [0.25, 0.3) is 11.0 Å². The molecule has 2 aromatic heterocycles. The molecule has 2 heterocycles. The number of aryl methyl sites for hydroxylation is 2. The number of urea groups is 1. The second-order valence-corrected chi connectivity index (χ2v) is 6.23. The number of nitrogens with zero attached hydrogens (tertiary/aromatic N) is 3. The summed E-state index contributed by atoms with van der Waals surface area (Å²) in [5, 5.41) is 11.0. The summed E-state index contributed by atoms with van der Waals surface area (Å²) in [7, 11) is 5.02. The van der Waals surface area contributed by atoms with Crippen LogP contribution in [0.4, 0.5) is 10.5 Å². The van der Waals surface area contributed by atoms with E-state index in [0.29, 0.717) is 17.2 Å². The van der Waals surface area contributed by atoms with Crippen molar-refractivity contribution in [3.8, 4) is 11.5 Å². The van der Waals surface area contributed by atoms with E-state index in [1.54, 1.807) is 31.2 Å². The number of hydrogen-bond donors (Lipinski definition) is 2. The van der Waals surface area contributed by atoms with E-state index >= 15 is 0 Å². The highest BCUT2D eigenvalue weighted by Gasteiger charge is 2.16. The topological polar surface area (TPSA) is 90.3 Å². The molecule has 0 fully saturated rings. The summed E-state index contributed by atoms with van der Waals surface area (Å²) >= 11 is 0. The summed E-state index contributed by atoms with van der Waals surface area (Å²) < 4.78 is 12.3. The molecule has 27 heavy (non-hydrogen) atoms. The van der Waals surface area contributed by atoms with Gasteiger partial charge in [0.1, 0.15) is 11.5 Å². The number of carbonyl (C=O) groups is 1. The molecule has 0 saturated heterocycles. The molecule has 0 spiro atoms. The van der Waals surface area contributed by atoms with Gasteiger partial charge < -0.3 is 20.1 Å². The maximum atomic E-state index is 12.4. The summed E-state index contributed by atoms with van der Waals surface area (Å²) in [6, 6.07) is 6.76. The van der Waals surface area contributed by atoms with Gasteiger partial charge in [-0.05, 0) is 32.0 Å². The molecule has 0 bridgehead atoms. The third kappa shape index (κ3) is 3.79. The molecule has 8 heteroatoms. The number of pyridine rings is 1. The summed E-state index contributed by atoms with van der Waals surface area (Å²) in [4.78, 5) is 16.8. The second-order valence-electron chi connectivity index (χ2n) is 6.23. The minimum atomic E-state index is -0.330. The van der Waals surface area contributed by atoms with Crippen LogP contribution in [0.1, 0.15) is 24.2 Å². The molecule has 0 aliphatic heterocycles. The van der Waals surface area contributed by atoms with E-state index in [9.17, 15) is 4.79 Å². The maximum Gasteiger partial charge on any atom is 0.319 e. The van der Waals surface area contributed by atoms with Crippen LogP contribution in [0.2, 0.25) is 0 Å². The highest BCUT2D eigenvalue weighted by atomic mass is 16.5. The number of hydrogen-bond acceptors (Lipinski definition) is 5. The average molecular weight is 369 g/mol. The Hall–Kier alpha value is -3.29. The Bertz CT molecular complexity index is 983. The molecule has 8 nitrogen and oxygen atoms in total. The molecular formula is C19H23N5O3. The summed E-state index contributed by atoms with van der Waals surface area (Å²) in [5.74, 6) is 1.34. The molecule has 0 aliphatic carbocycles. The number of methoxy groups -OCH3 is 2. The van der Waals surface area contributed by atoms with E-state index in [-0.39, 0.29) is 12.1 Å². The molecule has 2 amide bonds. The highest BCUT2D eigenvalue weighted by molar-refractivity contribution is 5.92. The van der Waals surface area contributed by atoms with Crippen molar-refractivity contribution in [3.63, 3.8) is 0 Å². The fraction of sp³-hybridized carbons (Fsp3) is 0.316. The minimum absolute atomic E-state index is 0.261. The van der Waals surface area contributed by atoms with Crippen molar-refractivity contribution in [2.75, 3.05) is 19.5 Å². The Balaban J connectivity index is 1.73. The number of aromatic nitrogens is 3. The molecule has 1 atom stereocenters. The van der Waals surface area contributed by atoms with E-state index in [4.69, 9.17) is 9.47 Å². The van der Waals surface area contributed by atoms with Gasteiger partial charge in [0.05, 0.1) is 37.8 Å². The van der Waals surface area contributed by atoms with Gasteiger partial charge in [-0.1, -0.05) is 0 Å².